The van der Waals surface area contributed by atoms with Gasteiger partial charge in [0.2, 0.25) is 5.91 Å². The van der Waals surface area contributed by atoms with Crippen molar-refractivity contribution in [2.45, 2.75) is 51.7 Å². The third-order valence-corrected chi connectivity index (χ3v) is 2.27. The average Bonchev–Trinajstić information content (AvgIpc) is 2.15. The molecule has 86 valence electrons. The van der Waals surface area contributed by atoms with Crippen LogP contribution in [0.3, 0.4) is 0 Å². The largest absolute Gasteiger partial charge is 0.366 e. The number of rotatable bonds is 3. The lowest BCUT2D eigenvalue weighted by molar-refractivity contribution is -0.131. The van der Waals surface area contributed by atoms with E-state index in [1.165, 1.54) is 0 Å². The Morgan fingerprint density at radius 2 is 2.20 bits per heavy atom. The Balaban J connectivity index is 2.21. The normalized spacial score (nSPS) is 21.4. The van der Waals surface area contributed by atoms with Crippen molar-refractivity contribution < 1.29 is 9.53 Å². The monoisotopic (exact) mass is 211 g/mol. The maximum atomic E-state index is 11.5. The molecule has 3 heteroatoms. The summed E-state index contributed by atoms with van der Waals surface area (Å²) in [6.07, 6.45) is 7.33. The van der Waals surface area contributed by atoms with Gasteiger partial charge in [0.15, 0.2) is 0 Å². The Morgan fingerprint density at radius 3 is 2.73 bits per heavy atom. The summed E-state index contributed by atoms with van der Waals surface area (Å²) in [4.78, 5) is 11.5. The van der Waals surface area contributed by atoms with Crippen LogP contribution in [-0.4, -0.2) is 24.2 Å². The first-order valence-electron chi connectivity index (χ1n) is 5.56. The average molecular weight is 211 g/mol. The molecule has 0 aromatic rings. The molecule has 1 rings (SSSR count). The van der Waals surface area contributed by atoms with Gasteiger partial charge in [0, 0.05) is 6.04 Å². The van der Waals surface area contributed by atoms with Crippen LogP contribution in [0.4, 0.5) is 0 Å². The molecule has 0 radical (unpaired) electrons. The predicted molar refractivity (Wildman–Crippen MR) is 60.6 cm³/mol. The first-order chi connectivity index (χ1) is 6.97. The quantitative estimate of drug-likeness (QED) is 0.725. The van der Waals surface area contributed by atoms with E-state index in [1.54, 1.807) is 0 Å². The van der Waals surface area contributed by atoms with E-state index in [0.717, 1.165) is 19.3 Å². The van der Waals surface area contributed by atoms with Gasteiger partial charge in [-0.15, -0.1) is 0 Å². The number of nitrogens with one attached hydrogen (secondary N) is 1. The van der Waals surface area contributed by atoms with Gasteiger partial charge in [-0.05, 0) is 40.0 Å². The molecule has 1 unspecified atom stereocenters. The maximum Gasteiger partial charge on any atom is 0.246 e. The standard InChI is InChI=1S/C12H21NO2/c1-12(2,3)15-9-11(14)13-10-7-5-4-6-8-10/h4-5,10H,6-9H2,1-3H3,(H,13,14). The highest BCUT2D eigenvalue weighted by Crippen LogP contribution is 2.11. The van der Waals surface area contributed by atoms with E-state index in [0.29, 0.717) is 6.04 Å². The second-order valence-electron chi connectivity index (χ2n) is 4.95. The van der Waals surface area contributed by atoms with Gasteiger partial charge >= 0.3 is 0 Å². The van der Waals surface area contributed by atoms with Crippen LogP contribution >= 0.6 is 0 Å². The molecule has 1 N–H and O–H groups in total. The summed E-state index contributed by atoms with van der Waals surface area (Å²) < 4.78 is 5.40. The zero-order chi connectivity index (χ0) is 11.3. The number of allylic oxidation sites excluding steroid dienone is 1. The Bertz CT molecular complexity index is 240. The lowest BCUT2D eigenvalue weighted by Crippen LogP contribution is -2.39. The second-order valence-corrected chi connectivity index (χ2v) is 4.95. The zero-order valence-corrected chi connectivity index (χ0v) is 9.88. The first-order valence-corrected chi connectivity index (χ1v) is 5.56. The fourth-order valence-corrected chi connectivity index (χ4v) is 1.48. The molecule has 1 atom stereocenters. The van der Waals surface area contributed by atoms with Gasteiger partial charge in [0.05, 0.1) is 5.60 Å². The van der Waals surface area contributed by atoms with Gasteiger partial charge in [-0.1, -0.05) is 12.2 Å². The molecule has 0 aliphatic heterocycles. The zero-order valence-electron chi connectivity index (χ0n) is 9.88. The van der Waals surface area contributed by atoms with Crippen LogP contribution in [-0.2, 0) is 9.53 Å². The number of carbonyl (C=O) groups excluding carboxylic acids is 1. The lowest BCUT2D eigenvalue weighted by Gasteiger charge is -2.22. The molecule has 0 aromatic carbocycles. The summed E-state index contributed by atoms with van der Waals surface area (Å²) in [7, 11) is 0. The molecule has 0 bridgehead atoms. The molecule has 3 nitrogen and oxygen atoms in total. The van der Waals surface area contributed by atoms with Crippen molar-refractivity contribution in [1.82, 2.24) is 5.32 Å². The van der Waals surface area contributed by atoms with Gasteiger partial charge in [0.25, 0.3) is 0 Å². The van der Waals surface area contributed by atoms with E-state index >= 15 is 0 Å². The third-order valence-electron chi connectivity index (χ3n) is 2.27. The van der Waals surface area contributed by atoms with Crippen LogP contribution < -0.4 is 5.32 Å². The highest BCUT2D eigenvalue weighted by Gasteiger charge is 2.16. The molecular weight excluding hydrogens is 190 g/mol. The van der Waals surface area contributed by atoms with Crippen molar-refractivity contribution in [3.05, 3.63) is 12.2 Å². The van der Waals surface area contributed by atoms with Crippen LogP contribution in [0.1, 0.15) is 40.0 Å². The lowest BCUT2D eigenvalue weighted by atomic mass is 10.0. The highest BCUT2D eigenvalue weighted by molar-refractivity contribution is 5.77. The molecule has 1 aliphatic rings. The summed E-state index contributed by atoms with van der Waals surface area (Å²) in [5.41, 5.74) is -0.246. The van der Waals surface area contributed by atoms with E-state index in [4.69, 9.17) is 4.74 Å². The molecule has 0 saturated carbocycles. The van der Waals surface area contributed by atoms with Gasteiger partial charge in [0.1, 0.15) is 6.61 Å². The van der Waals surface area contributed by atoms with Crippen LogP contribution in [0, 0.1) is 0 Å². The van der Waals surface area contributed by atoms with Crippen molar-refractivity contribution in [2.75, 3.05) is 6.61 Å². The van der Waals surface area contributed by atoms with E-state index in [2.05, 4.69) is 17.5 Å². The van der Waals surface area contributed by atoms with Gasteiger partial charge in [-0.25, -0.2) is 0 Å². The maximum absolute atomic E-state index is 11.5. The van der Waals surface area contributed by atoms with E-state index in [9.17, 15) is 4.79 Å². The SMILES string of the molecule is CC(C)(C)OCC(=O)NC1CC=CCC1. The Hall–Kier alpha value is -0.830. The van der Waals surface area contributed by atoms with Crippen molar-refractivity contribution in [1.29, 1.82) is 0 Å². The summed E-state index contributed by atoms with van der Waals surface area (Å²) in [5, 5.41) is 2.98. The predicted octanol–water partition coefficient (Wildman–Crippen LogP) is 2.03. The summed E-state index contributed by atoms with van der Waals surface area (Å²) in [6.45, 7) is 6.00. The minimum Gasteiger partial charge on any atom is -0.366 e. The van der Waals surface area contributed by atoms with Crippen molar-refractivity contribution in [2.24, 2.45) is 0 Å². The minimum absolute atomic E-state index is 0.00905. The van der Waals surface area contributed by atoms with Crippen LogP contribution in [0.2, 0.25) is 0 Å². The molecule has 1 aliphatic carbocycles. The van der Waals surface area contributed by atoms with Crippen LogP contribution in [0.25, 0.3) is 0 Å². The molecule has 1 amide bonds. The van der Waals surface area contributed by atoms with Crippen LogP contribution in [0.15, 0.2) is 12.2 Å². The van der Waals surface area contributed by atoms with Gasteiger partial charge < -0.3 is 10.1 Å². The topological polar surface area (TPSA) is 38.3 Å². The molecule has 0 aromatic heterocycles. The highest BCUT2D eigenvalue weighted by atomic mass is 16.5. The summed E-state index contributed by atoms with van der Waals surface area (Å²) >= 11 is 0. The number of hydrogen-bond donors (Lipinski definition) is 1. The number of carbonyl (C=O) groups is 1. The summed E-state index contributed by atoms with van der Waals surface area (Å²) in [5.74, 6) is -0.00905. The minimum atomic E-state index is -0.246. The number of ether oxygens (including phenoxy) is 1. The smallest absolute Gasteiger partial charge is 0.246 e. The third kappa shape index (κ3) is 5.57. The summed E-state index contributed by atoms with van der Waals surface area (Å²) in [6, 6.07) is 0.297. The van der Waals surface area contributed by atoms with Crippen molar-refractivity contribution in [3.63, 3.8) is 0 Å². The van der Waals surface area contributed by atoms with Crippen molar-refractivity contribution in [3.8, 4) is 0 Å². The number of amides is 1. The Kier molecular flexibility index (Phi) is 4.33. The van der Waals surface area contributed by atoms with E-state index < -0.39 is 0 Å². The molecule has 0 saturated heterocycles. The van der Waals surface area contributed by atoms with Gasteiger partial charge in [-0.3, -0.25) is 4.79 Å². The fraction of sp³-hybridized carbons (Fsp3) is 0.750. The Labute approximate surface area is 91.9 Å². The van der Waals surface area contributed by atoms with E-state index in [1.807, 2.05) is 20.8 Å². The van der Waals surface area contributed by atoms with Gasteiger partial charge in [-0.2, -0.15) is 0 Å². The van der Waals surface area contributed by atoms with Crippen molar-refractivity contribution >= 4 is 5.91 Å². The second kappa shape index (κ2) is 5.31. The van der Waals surface area contributed by atoms with Crippen LogP contribution in [0.5, 0.6) is 0 Å². The molecule has 0 spiro atoms. The van der Waals surface area contributed by atoms with E-state index in [-0.39, 0.29) is 18.1 Å². The first kappa shape index (κ1) is 12.2. The Morgan fingerprint density at radius 1 is 1.47 bits per heavy atom. The molecule has 0 fully saturated rings. The number of hydrogen-bond acceptors (Lipinski definition) is 2. The fourth-order valence-electron chi connectivity index (χ4n) is 1.48. The molecule has 0 heterocycles. The molecule has 15 heavy (non-hydrogen) atoms. The molecular formula is C12H21NO2.